The standard InChI is InChI=1S/C24H23N3O8S2/c1-34-18-7-12-21(22(15-18)35-2)26-37(32,33)19-8-3-16(4-9-19)25-36(30,31)20-10-5-17(6-11-20)27-23(28)13-14-24(27)29/h3-12,15,25-26H,13-14H2,1-2H3. The first kappa shape index (κ1) is 26.0. The van der Waals surface area contributed by atoms with Gasteiger partial charge in [-0.25, -0.2) is 16.8 Å². The Morgan fingerprint density at radius 2 is 1.24 bits per heavy atom. The smallest absolute Gasteiger partial charge is 0.262 e. The number of carbonyl (C=O) groups is 2. The maximum Gasteiger partial charge on any atom is 0.262 e. The Balaban J connectivity index is 1.48. The van der Waals surface area contributed by atoms with E-state index in [4.69, 9.17) is 9.47 Å². The molecule has 1 fully saturated rings. The molecule has 4 rings (SSSR count). The molecule has 1 aliphatic rings. The number of carbonyl (C=O) groups excluding carboxylic acids is 2. The maximum absolute atomic E-state index is 12.8. The molecular weight excluding hydrogens is 522 g/mol. The van der Waals surface area contributed by atoms with Gasteiger partial charge < -0.3 is 9.47 Å². The summed E-state index contributed by atoms with van der Waals surface area (Å²) in [7, 11) is -5.16. The summed E-state index contributed by atoms with van der Waals surface area (Å²) in [6.45, 7) is 0. The van der Waals surface area contributed by atoms with Crippen molar-refractivity contribution in [3.8, 4) is 11.5 Å². The van der Waals surface area contributed by atoms with E-state index in [1.165, 1.54) is 74.9 Å². The molecule has 0 aliphatic carbocycles. The van der Waals surface area contributed by atoms with Gasteiger partial charge in [0.05, 0.1) is 35.4 Å². The van der Waals surface area contributed by atoms with Crippen LogP contribution >= 0.6 is 0 Å². The minimum absolute atomic E-state index is 0.0969. The number of nitrogens with zero attached hydrogens (tertiary/aromatic N) is 1. The second-order valence-corrected chi connectivity index (χ2v) is 11.3. The summed E-state index contributed by atoms with van der Waals surface area (Å²) in [5.41, 5.74) is 0.630. The number of methoxy groups -OCH3 is 2. The van der Waals surface area contributed by atoms with Crippen molar-refractivity contribution >= 4 is 48.9 Å². The Kier molecular flexibility index (Phi) is 7.09. The van der Waals surface area contributed by atoms with Crippen molar-refractivity contribution in [2.45, 2.75) is 22.6 Å². The Bertz CT molecular complexity index is 1540. The van der Waals surface area contributed by atoms with Crippen molar-refractivity contribution in [2.24, 2.45) is 0 Å². The van der Waals surface area contributed by atoms with E-state index in [-0.39, 0.29) is 51.6 Å². The highest BCUT2D eigenvalue weighted by Gasteiger charge is 2.30. The molecule has 0 bridgehead atoms. The first-order valence-electron chi connectivity index (χ1n) is 10.9. The van der Waals surface area contributed by atoms with Crippen molar-refractivity contribution in [1.29, 1.82) is 0 Å². The van der Waals surface area contributed by atoms with Crippen LogP contribution in [0.2, 0.25) is 0 Å². The average Bonchev–Trinajstić information content (AvgIpc) is 3.22. The number of hydrogen-bond donors (Lipinski definition) is 2. The van der Waals surface area contributed by atoms with Crippen LogP contribution in [0.1, 0.15) is 12.8 Å². The van der Waals surface area contributed by atoms with Crippen LogP contribution in [0, 0.1) is 0 Å². The molecule has 194 valence electrons. The van der Waals surface area contributed by atoms with Crippen LogP contribution in [0.4, 0.5) is 17.1 Å². The van der Waals surface area contributed by atoms with E-state index in [2.05, 4.69) is 9.44 Å². The van der Waals surface area contributed by atoms with Crippen LogP contribution in [0.3, 0.4) is 0 Å². The molecule has 0 unspecified atom stereocenters. The molecule has 11 nitrogen and oxygen atoms in total. The van der Waals surface area contributed by atoms with Gasteiger partial charge in [-0.2, -0.15) is 0 Å². The summed E-state index contributed by atoms with van der Waals surface area (Å²) in [4.78, 5) is 24.6. The minimum Gasteiger partial charge on any atom is -0.497 e. The zero-order chi connectivity index (χ0) is 26.8. The van der Waals surface area contributed by atoms with Gasteiger partial charge in [-0.1, -0.05) is 0 Å². The molecule has 3 aromatic rings. The number of nitrogens with one attached hydrogen (secondary N) is 2. The molecule has 0 radical (unpaired) electrons. The quantitative estimate of drug-likeness (QED) is 0.390. The molecule has 1 heterocycles. The molecule has 0 spiro atoms. The lowest BCUT2D eigenvalue weighted by Gasteiger charge is -2.15. The molecule has 2 N–H and O–H groups in total. The summed E-state index contributed by atoms with van der Waals surface area (Å²) < 4.78 is 66.4. The molecule has 0 atom stereocenters. The zero-order valence-electron chi connectivity index (χ0n) is 19.8. The molecule has 0 aromatic heterocycles. The zero-order valence-corrected chi connectivity index (χ0v) is 21.4. The van der Waals surface area contributed by atoms with Gasteiger partial charge in [-0.15, -0.1) is 0 Å². The fraction of sp³-hybridized carbons (Fsp3) is 0.167. The van der Waals surface area contributed by atoms with Crippen LogP contribution in [0.15, 0.2) is 76.5 Å². The van der Waals surface area contributed by atoms with Gasteiger partial charge in [0.1, 0.15) is 11.5 Å². The predicted molar refractivity (Wildman–Crippen MR) is 136 cm³/mol. The van der Waals surface area contributed by atoms with E-state index < -0.39 is 20.0 Å². The summed E-state index contributed by atoms with van der Waals surface area (Å²) in [5, 5.41) is 0. The molecular formula is C24H23N3O8S2. The van der Waals surface area contributed by atoms with Gasteiger partial charge in [0.2, 0.25) is 11.8 Å². The van der Waals surface area contributed by atoms with Gasteiger partial charge in [0.25, 0.3) is 20.0 Å². The third-order valence-electron chi connectivity index (χ3n) is 5.53. The second kappa shape index (κ2) is 10.1. The van der Waals surface area contributed by atoms with Gasteiger partial charge in [-0.3, -0.25) is 23.9 Å². The van der Waals surface area contributed by atoms with E-state index in [0.717, 1.165) is 4.90 Å². The van der Waals surface area contributed by atoms with Crippen molar-refractivity contribution in [2.75, 3.05) is 28.6 Å². The SMILES string of the molecule is COc1ccc(NS(=O)(=O)c2ccc(NS(=O)(=O)c3ccc(N4C(=O)CCC4=O)cc3)cc2)c(OC)c1. The third-order valence-corrected chi connectivity index (χ3v) is 8.31. The molecule has 37 heavy (non-hydrogen) atoms. The molecule has 2 amide bonds. The lowest BCUT2D eigenvalue weighted by Crippen LogP contribution is -2.28. The van der Waals surface area contributed by atoms with Crippen LogP contribution in [0.25, 0.3) is 0 Å². The molecule has 0 saturated carbocycles. The Hall–Kier alpha value is -4.10. The normalized spacial score (nSPS) is 13.9. The number of sulfonamides is 2. The molecule has 1 saturated heterocycles. The van der Waals surface area contributed by atoms with Gasteiger partial charge in [-0.05, 0) is 60.7 Å². The number of amides is 2. The Morgan fingerprint density at radius 3 is 1.78 bits per heavy atom. The topological polar surface area (TPSA) is 148 Å². The summed E-state index contributed by atoms with van der Waals surface area (Å²) in [6, 6.07) is 15.1. The second-order valence-electron chi connectivity index (χ2n) is 7.92. The lowest BCUT2D eigenvalue weighted by atomic mass is 10.3. The van der Waals surface area contributed by atoms with Crippen molar-refractivity contribution in [3.05, 3.63) is 66.7 Å². The monoisotopic (exact) mass is 545 g/mol. The lowest BCUT2D eigenvalue weighted by molar-refractivity contribution is -0.121. The Labute approximate surface area is 214 Å². The molecule has 1 aliphatic heterocycles. The van der Waals surface area contributed by atoms with E-state index in [9.17, 15) is 26.4 Å². The highest BCUT2D eigenvalue weighted by molar-refractivity contribution is 7.93. The van der Waals surface area contributed by atoms with E-state index in [0.29, 0.717) is 11.4 Å². The number of ether oxygens (including phenoxy) is 2. The number of anilines is 3. The number of rotatable bonds is 9. The largest absolute Gasteiger partial charge is 0.497 e. The van der Waals surface area contributed by atoms with Gasteiger partial charge in [0.15, 0.2) is 0 Å². The van der Waals surface area contributed by atoms with Gasteiger partial charge in [0, 0.05) is 24.6 Å². The highest BCUT2D eigenvalue weighted by atomic mass is 32.2. The first-order valence-corrected chi connectivity index (χ1v) is 13.8. The average molecular weight is 546 g/mol. The summed E-state index contributed by atoms with van der Waals surface area (Å²) in [5.74, 6) is 0.0725. The third kappa shape index (κ3) is 5.52. The first-order chi connectivity index (χ1) is 17.5. The fourth-order valence-corrected chi connectivity index (χ4v) is 5.77. The van der Waals surface area contributed by atoms with E-state index in [1.54, 1.807) is 6.07 Å². The van der Waals surface area contributed by atoms with Crippen LogP contribution in [0.5, 0.6) is 11.5 Å². The highest BCUT2D eigenvalue weighted by Crippen LogP contribution is 2.31. The predicted octanol–water partition coefficient (Wildman–Crippen LogP) is 2.96. The fourth-order valence-electron chi connectivity index (χ4n) is 3.64. The number of imide groups is 1. The van der Waals surface area contributed by atoms with E-state index >= 15 is 0 Å². The van der Waals surface area contributed by atoms with Crippen molar-refractivity contribution in [3.63, 3.8) is 0 Å². The molecule has 13 heteroatoms. The summed E-state index contributed by atoms with van der Waals surface area (Å²) >= 11 is 0. The number of benzene rings is 3. The van der Waals surface area contributed by atoms with E-state index in [1.807, 2.05) is 0 Å². The minimum atomic E-state index is -4.03. The summed E-state index contributed by atoms with van der Waals surface area (Å²) in [6.07, 6.45) is 0.241. The van der Waals surface area contributed by atoms with Crippen LogP contribution in [-0.4, -0.2) is 42.9 Å². The molecule has 3 aromatic carbocycles. The number of hydrogen-bond acceptors (Lipinski definition) is 8. The van der Waals surface area contributed by atoms with Crippen LogP contribution in [-0.2, 0) is 29.6 Å². The van der Waals surface area contributed by atoms with Crippen molar-refractivity contribution in [1.82, 2.24) is 0 Å². The van der Waals surface area contributed by atoms with Crippen molar-refractivity contribution < 1.29 is 35.9 Å². The van der Waals surface area contributed by atoms with Gasteiger partial charge >= 0.3 is 0 Å². The van der Waals surface area contributed by atoms with Crippen LogP contribution < -0.4 is 23.8 Å². The Morgan fingerprint density at radius 1 is 0.703 bits per heavy atom. The maximum atomic E-state index is 12.8.